The molecule has 0 spiro atoms. The molecule has 0 aromatic heterocycles. The molecule has 6 heteroatoms. The summed E-state index contributed by atoms with van der Waals surface area (Å²) in [7, 11) is 0. The second-order valence-corrected chi connectivity index (χ2v) is 6.95. The molecular weight excluding hydrogens is 300 g/mol. The number of aliphatic carboxylic acids is 2. The van der Waals surface area contributed by atoms with Gasteiger partial charge < -0.3 is 19.7 Å². The Kier molecular flexibility index (Phi) is 6.84. The van der Waals surface area contributed by atoms with E-state index in [1.165, 1.54) is 12.8 Å². The zero-order chi connectivity index (χ0) is 16.8. The van der Waals surface area contributed by atoms with E-state index in [1.54, 1.807) is 0 Å². The van der Waals surface area contributed by atoms with Crippen molar-refractivity contribution in [3.8, 4) is 0 Å². The van der Waals surface area contributed by atoms with Gasteiger partial charge in [-0.2, -0.15) is 0 Å². The third kappa shape index (κ3) is 5.46. The number of ether oxygens (including phenoxy) is 2. The summed E-state index contributed by atoms with van der Waals surface area (Å²) in [5.41, 5.74) is 0. The van der Waals surface area contributed by atoms with Crippen LogP contribution in [0.2, 0.25) is 0 Å². The van der Waals surface area contributed by atoms with Crippen molar-refractivity contribution in [1.29, 1.82) is 0 Å². The highest BCUT2D eigenvalue weighted by Gasteiger charge is 2.39. The number of carbonyl (C=O) groups is 2. The monoisotopic (exact) mass is 328 g/mol. The normalized spacial score (nSPS) is 34.9. The van der Waals surface area contributed by atoms with Crippen LogP contribution in [0.15, 0.2) is 0 Å². The van der Waals surface area contributed by atoms with Gasteiger partial charge in [-0.1, -0.05) is 6.92 Å². The Morgan fingerprint density at radius 3 is 1.91 bits per heavy atom. The van der Waals surface area contributed by atoms with Crippen molar-refractivity contribution >= 4 is 11.9 Å². The Morgan fingerprint density at radius 1 is 0.826 bits per heavy atom. The third-order valence-corrected chi connectivity index (χ3v) is 5.19. The lowest BCUT2D eigenvalue weighted by Crippen LogP contribution is -2.38. The summed E-state index contributed by atoms with van der Waals surface area (Å²) in [6.45, 7) is 3.24. The van der Waals surface area contributed by atoms with Crippen LogP contribution >= 0.6 is 0 Å². The number of hydrogen-bond acceptors (Lipinski definition) is 4. The number of hydrogen-bond donors (Lipinski definition) is 2. The van der Waals surface area contributed by atoms with Crippen molar-refractivity contribution < 1.29 is 29.3 Å². The fraction of sp³-hybridized carbons (Fsp3) is 0.882. The van der Waals surface area contributed by atoms with Crippen molar-refractivity contribution in [3.63, 3.8) is 0 Å². The fourth-order valence-corrected chi connectivity index (χ4v) is 3.68. The predicted octanol–water partition coefficient (Wildman–Crippen LogP) is 2.55. The molecule has 2 N–H and O–H groups in total. The second kappa shape index (κ2) is 8.64. The molecule has 0 aliphatic heterocycles. The highest BCUT2D eigenvalue weighted by atomic mass is 16.5. The van der Waals surface area contributed by atoms with E-state index >= 15 is 0 Å². The van der Waals surface area contributed by atoms with E-state index in [0.717, 1.165) is 18.8 Å². The summed E-state index contributed by atoms with van der Waals surface area (Å²) in [5.74, 6) is -2.92. The van der Waals surface area contributed by atoms with Crippen molar-refractivity contribution in [1.82, 2.24) is 0 Å². The SMILES string of the molecule is CC1CCC(OCCOC2CCC(C(=O)O)C(C(=O)O)C2)CC1. The van der Waals surface area contributed by atoms with Crippen LogP contribution in [0.25, 0.3) is 0 Å². The van der Waals surface area contributed by atoms with Crippen LogP contribution in [-0.2, 0) is 19.1 Å². The van der Waals surface area contributed by atoms with E-state index in [-0.39, 0.29) is 12.5 Å². The van der Waals surface area contributed by atoms with Crippen molar-refractivity contribution in [2.24, 2.45) is 17.8 Å². The van der Waals surface area contributed by atoms with E-state index in [9.17, 15) is 14.7 Å². The average Bonchev–Trinajstić information content (AvgIpc) is 2.53. The lowest BCUT2D eigenvalue weighted by molar-refractivity contribution is -0.159. The molecule has 0 aromatic rings. The van der Waals surface area contributed by atoms with Gasteiger partial charge >= 0.3 is 11.9 Å². The molecule has 0 amide bonds. The molecule has 132 valence electrons. The van der Waals surface area contributed by atoms with Crippen molar-refractivity contribution in [2.45, 2.75) is 64.1 Å². The topological polar surface area (TPSA) is 93.1 Å². The Morgan fingerprint density at radius 2 is 1.35 bits per heavy atom. The lowest BCUT2D eigenvalue weighted by Gasteiger charge is -2.31. The molecule has 0 saturated heterocycles. The van der Waals surface area contributed by atoms with E-state index in [1.807, 2.05) is 0 Å². The van der Waals surface area contributed by atoms with Crippen molar-refractivity contribution in [2.75, 3.05) is 13.2 Å². The quantitative estimate of drug-likeness (QED) is 0.698. The van der Waals surface area contributed by atoms with Crippen LogP contribution in [0.1, 0.15) is 51.9 Å². The van der Waals surface area contributed by atoms with Gasteiger partial charge in [0.25, 0.3) is 0 Å². The minimum atomic E-state index is -1.04. The summed E-state index contributed by atoms with van der Waals surface area (Å²) >= 11 is 0. The van der Waals surface area contributed by atoms with Gasteiger partial charge in [-0.05, 0) is 50.9 Å². The van der Waals surface area contributed by atoms with Crippen LogP contribution in [0, 0.1) is 17.8 Å². The van der Waals surface area contributed by atoms with Gasteiger partial charge in [0, 0.05) is 0 Å². The van der Waals surface area contributed by atoms with Crippen LogP contribution < -0.4 is 0 Å². The van der Waals surface area contributed by atoms with E-state index in [0.29, 0.717) is 32.2 Å². The summed E-state index contributed by atoms with van der Waals surface area (Å²) in [4.78, 5) is 22.3. The first kappa shape index (κ1) is 18.2. The Balaban J connectivity index is 1.66. The fourth-order valence-electron chi connectivity index (χ4n) is 3.68. The van der Waals surface area contributed by atoms with Crippen molar-refractivity contribution in [3.05, 3.63) is 0 Å². The number of carboxylic acid groups (broad SMARTS) is 2. The highest BCUT2D eigenvalue weighted by Crippen LogP contribution is 2.32. The Labute approximate surface area is 137 Å². The molecule has 0 bridgehead atoms. The summed E-state index contributed by atoms with van der Waals surface area (Å²) in [5, 5.41) is 18.3. The van der Waals surface area contributed by atoms with Crippen LogP contribution in [0.5, 0.6) is 0 Å². The largest absolute Gasteiger partial charge is 0.481 e. The first-order valence-electron chi connectivity index (χ1n) is 8.66. The van der Waals surface area contributed by atoms with Gasteiger partial charge in [0.2, 0.25) is 0 Å². The molecule has 2 rings (SSSR count). The van der Waals surface area contributed by atoms with Gasteiger partial charge in [0.15, 0.2) is 0 Å². The molecule has 2 fully saturated rings. The summed E-state index contributed by atoms with van der Waals surface area (Å²) in [6.07, 6.45) is 6.01. The first-order chi connectivity index (χ1) is 11.0. The van der Waals surface area contributed by atoms with Crippen LogP contribution in [0.3, 0.4) is 0 Å². The summed E-state index contributed by atoms with van der Waals surface area (Å²) in [6, 6.07) is 0. The maximum absolute atomic E-state index is 11.2. The van der Waals surface area contributed by atoms with Gasteiger partial charge in [0.05, 0.1) is 37.3 Å². The molecule has 3 unspecified atom stereocenters. The molecule has 2 saturated carbocycles. The van der Waals surface area contributed by atoms with Gasteiger partial charge in [-0.15, -0.1) is 0 Å². The molecule has 0 aromatic carbocycles. The molecule has 3 atom stereocenters. The zero-order valence-corrected chi connectivity index (χ0v) is 13.8. The van der Waals surface area contributed by atoms with Crippen LogP contribution in [0.4, 0.5) is 0 Å². The van der Waals surface area contributed by atoms with Gasteiger partial charge in [0.1, 0.15) is 0 Å². The van der Waals surface area contributed by atoms with Gasteiger partial charge in [-0.25, -0.2) is 0 Å². The molecule has 0 heterocycles. The minimum Gasteiger partial charge on any atom is -0.481 e. The number of rotatable bonds is 7. The molecule has 23 heavy (non-hydrogen) atoms. The molecule has 0 radical (unpaired) electrons. The minimum absolute atomic E-state index is 0.179. The van der Waals surface area contributed by atoms with E-state index in [2.05, 4.69) is 6.92 Å². The highest BCUT2D eigenvalue weighted by molar-refractivity contribution is 5.80. The maximum atomic E-state index is 11.2. The average molecular weight is 328 g/mol. The van der Waals surface area contributed by atoms with Crippen LogP contribution in [-0.4, -0.2) is 47.6 Å². The smallest absolute Gasteiger partial charge is 0.307 e. The second-order valence-electron chi connectivity index (χ2n) is 6.95. The first-order valence-corrected chi connectivity index (χ1v) is 8.66. The van der Waals surface area contributed by atoms with E-state index < -0.39 is 23.8 Å². The Bertz CT molecular complexity index is 402. The molecule has 6 nitrogen and oxygen atoms in total. The predicted molar refractivity (Wildman–Crippen MR) is 83.2 cm³/mol. The standard InChI is InChI=1S/C17H28O6/c1-11-2-4-12(5-3-11)22-8-9-23-13-6-7-14(16(18)19)15(10-13)17(20)21/h11-15H,2-10H2,1H3,(H,18,19)(H,20,21). The number of carboxylic acids is 2. The third-order valence-electron chi connectivity index (χ3n) is 5.19. The maximum Gasteiger partial charge on any atom is 0.307 e. The molecule has 2 aliphatic rings. The Hall–Kier alpha value is -1.14. The van der Waals surface area contributed by atoms with E-state index in [4.69, 9.17) is 14.6 Å². The molecular formula is C17H28O6. The lowest BCUT2D eigenvalue weighted by atomic mass is 9.78. The molecule has 2 aliphatic carbocycles. The zero-order valence-electron chi connectivity index (χ0n) is 13.8. The van der Waals surface area contributed by atoms with Gasteiger partial charge in [-0.3, -0.25) is 9.59 Å². The summed E-state index contributed by atoms with van der Waals surface area (Å²) < 4.78 is 11.5.